The van der Waals surface area contributed by atoms with Crippen molar-refractivity contribution < 1.29 is 5.11 Å². The van der Waals surface area contributed by atoms with Crippen molar-refractivity contribution in [2.24, 2.45) is 0 Å². The average molecular weight is 272 g/mol. The lowest BCUT2D eigenvalue weighted by Gasteiger charge is -2.15. The molecule has 0 amide bonds. The van der Waals surface area contributed by atoms with Crippen molar-refractivity contribution in [1.82, 2.24) is 9.97 Å². The van der Waals surface area contributed by atoms with Crippen LogP contribution in [0.25, 0.3) is 0 Å². The van der Waals surface area contributed by atoms with Gasteiger partial charge in [0.1, 0.15) is 16.2 Å². The number of anilines is 1. The highest BCUT2D eigenvalue weighted by atomic mass is 79.9. The minimum Gasteiger partial charge on any atom is -0.394 e. The summed E-state index contributed by atoms with van der Waals surface area (Å²) in [6, 6.07) is 1.84. The van der Waals surface area contributed by atoms with E-state index in [1.165, 1.54) is 0 Å². The van der Waals surface area contributed by atoms with Gasteiger partial charge in [0, 0.05) is 12.5 Å². The number of hydrogen-bond donors (Lipinski definition) is 2. The smallest absolute Gasteiger partial charge is 0.131 e. The van der Waals surface area contributed by atoms with E-state index in [1.807, 2.05) is 13.0 Å². The summed E-state index contributed by atoms with van der Waals surface area (Å²) in [5.74, 6) is 1.60. The summed E-state index contributed by atoms with van der Waals surface area (Å²) in [6.07, 6.45) is 2.82. The topological polar surface area (TPSA) is 58.0 Å². The fraction of sp³-hybridized carbons (Fsp3) is 0.600. The molecule has 0 radical (unpaired) electrons. The maximum atomic E-state index is 9.20. The number of nitrogens with zero attached hydrogens (tertiary/aromatic N) is 2. The maximum absolute atomic E-state index is 9.20. The molecule has 0 atom stereocenters. The van der Waals surface area contributed by atoms with Crippen LogP contribution in [0.4, 0.5) is 5.82 Å². The molecule has 2 N–H and O–H groups in total. The fourth-order valence-corrected chi connectivity index (χ4v) is 1.85. The predicted molar refractivity (Wildman–Crippen MR) is 61.8 cm³/mol. The molecule has 1 aromatic heterocycles. The van der Waals surface area contributed by atoms with Crippen molar-refractivity contribution in [3.8, 4) is 0 Å². The summed E-state index contributed by atoms with van der Waals surface area (Å²) in [5, 5.41) is 12.5. The van der Waals surface area contributed by atoms with Gasteiger partial charge >= 0.3 is 0 Å². The van der Waals surface area contributed by atoms with Gasteiger partial charge in [0.05, 0.1) is 12.1 Å². The van der Waals surface area contributed by atoms with Gasteiger partial charge in [-0.05, 0) is 28.8 Å². The second kappa shape index (κ2) is 4.06. The molecule has 1 aromatic rings. The van der Waals surface area contributed by atoms with E-state index in [0.29, 0.717) is 0 Å². The molecular formula is C10H14BrN3O. The van der Waals surface area contributed by atoms with Crippen LogP contribution in [0.3, 0.4) is 0 Å². The van der Waals surface area contributed by atoms with Gasteiger partial charge < -0.3 is 10.4 Å². The molecule has 0 aliphatic heterocycles. The monoisotopic (exact) mass is 271 g/mol. The van der Waals surface area contributed by atoms with Gasteiger partial charge in [-0.1, -0.05) is 6.92 Å². The highest BCUT2D eigenvalue weighted by molar-refractivity contribution is 9.10. The Hall–Kier alpha value is -0.680. The van der Waals surface area contributed by atoms with Crippen molar-refractivity contribution in [1.29, 1.82) is 0 Å². The van der Waals surface area contributed by atoms with E-state index in [9.17, 15) is 5.11 Å². The van der Waals surface area contributed by atoms with Crippen LogP contribution >= 0.6 is 15.9 Å². The molecule has 82 valence electrons. The second-order valence-electron chi connectivity index (χ2n) is 3.91. The SMILES string of the molecule is CCc1nc(Br)cc(NC2(CO)CC2)n1. The maximum Gasteiger partial charge on any atom is 0.131 e. The average Bonchev–Trinajstić information content (AvgIpc) is 2.97. The summed E-state index contributed by atoms with van der Waals surface area (Å²) in [6.45, 7) is 2.18. The molecule has 15 heavy (non-hydrogen) atoms. The van der Waals surface area contributed by atoms with E-state index in [4.69, 9.17) is 0 Å². The van der Waals surface area contributed by atoms with Crippen molar-refractivity contribution in [3.63, 3.8) is 0 Å². The quantitative estimate of drug-likeness (QED) is 0.820. The van der Waals surface area contributed by atoms with E-state index in [1.54, 1.807) is 0 Å². The minimum absolute atomic E-state index is 0.126. The normalized spacial score (nSPS) is 17.5. The number of aliphatic hydroxyl groups is 1. The van der Waals surface area contributed by atoms with E-state index in [-0.39, 0.29) is 12.1 Å². The predicted octanol–water partition coefficient (Wildman–Crippen LogP) is 1.74. The number of aryl methyl sites for hydroxylation is 1. The number of aromatic nitrogens is 2. The number of rotatable bonds is 4. The van der Waals surface area contributed by atoms with Gasteiger partial charge in [0.25, 0.3) is 0 Å². The van der Waals surface area contributed by atoms with E-state index in [0.717, 1.165) is 35.5 Å². The lowest BCUT2D eigenvalue weighted by molar-refractivity contribution is 0.266. The zero-order chi connectivity index (χ0) is 10.9. The van der Waals surface area contributed by atoms with E-state index in [2.05, 4.69) is 31.2 Å². The molecule has 0 bridgehead atoms. The molecular weight excluding hydrogens is 258 g/mol. The van der Waals surface area contributed by atoms with Gasteiger partial charge in [0.2, 0.25) is 0 Å². The number of aliphatic hydroxyl groups excluding tert-OH is 1. The largest absolute Gasteiger partial charge is 0.394 e. The van der Waals surface area contributed by atoms with Crippen LogP contribution in [0.15, 0.2) is 10.7 Å². The molecule has 1 aliphatic carbocycles. The molecule has 4 nitrogen and oxygen atoms in total. The highest BCUT2D eigenvalue weighted by Crippen LogP contribution is 2.38. The third-order valence-corrected chi connectivity index (χ3v) is 3.01. The van der Waals surface area contributed by atoms with Crippen molar-refractivity contribution in [2.45, 2.75) is 31.7 Å². The summed E-state index contributed by atoms with van der Waals surface area (Å²) < 4.78 is 0.783. The molecule has 2 rings (SSSR count). The Balaban J connectivity index is 2.17. The molecule has 0 aromatic carbocycles. The summed E-state index contributed by atoms with van der Waals surface area (Å²) in [7, 11) is 0. The van der Waals surface area contributed by atoms with Crippen LogP contribution in [-0.4, -0.2) is 27.2 Å². The summed E-state index contributed by atoms with van der Waals surface area (Å²) >= 11 is 3.35. The Morgan fingerprint density at radius 2 is 2.27 bits per heavy atom. The van der Waals surface area contributed by atoms with Crippen LogP contribution in [0.5, 0.6) is 0 Å². The van der Waals surface area contributed by atoms with Gasteiger partial charge in [-0.3, -0.25) is 0 Å². The zero-order valence-corrected chi connectivity index (χ0v) is 10.2. The number of hydrogen-bond acceptors (Lipinski definition) is 4. The molecule has 0 unspecified atom stereocenters. The van der Waals surface area contributed by atoms with Gasteiger partial charge in [0.15, 0.2) is 0 Å². The Bertz CT molecular complexity index is 366. The lowest BCUT2D eigenvalue weighted by Crippen LogP contribution is -2.26. The number of halogens is 1. The first-order valence-electron chi connectivity index (χ1n) is 5.10. The Morgan fingerprint density at radius 1 is 1.53 bits per heavy atom. The van der Waals surface area contributed by atoms with Gasteiger partial charge in [-0.15, -0.1) is 0 Å². The zero-order valence-electron chi connectivity index (χ0n) is 8.63. The molecule has 0 spiro atoms. The highest BCUT2D eigenvalue weighted by Gasteiger charge is 2.42. The number of nitrogens with one attached hydrogen (secondary N) is 1. The van der Waals surface area contributed by atoms with Crippen LogP contribution in [-0.2, 0) is 6.42 Å². The van der Waals surface area contributed by atoms with Gasteiger partial charge in [-0.2, -0.15) is 0 Å². The standard InChI is InChI=1S/C10H14BrN3O/c1-2-8-12-7(11)5-9(13-8)14-10(6-15)3-4-10/h5,15H,2-4,6H2,1H3,(H,12,13,14). The summed E-state index contributed by atoms with van der Waals surface area (Å²) in [4.78, 5) is 8.59. The molecule has 0 saturated heterocycles. The molecule has 5 heteroatoms. The van der Waals surface area contributed by atoms with Crippen LogP contribution in [0.2, 0.25) is 0 Å². The Labute approximate surface area is 97.3 Å². The van der Waals surface area contributed by atoms with E-state index >= 15 is 0 Å². The molecule has 1 fully saturated rings. The van der Waals surface area contributed by atoms with Crippen molar-refractivity contribution in [2.75, 3.05) is 11.9 Å². The summed E-state index contributed by atoms with van der Waals surface area (Å²) in [5.41, 5.74) is -0.126. The first-order valence-corrected chi connectivity index (χ1v) is 5.89. The Kier molecular flexibility index (Phi) is 2.93. The second-order valence-corrected chi connectivity index (χ2v) is 4.72. The molecule has 1 heterocycles. The molecule has 1 aliphatic rings. The van der Waals surface area contributed by atoms with Crippen molar-refractivity contribution >= 4 is 21.7 Å². The third-order valence-electron chi connectivity index (χ3n) is 2.61. The Morgan fingerprint density at radius 3 is 2.80 bits per heavy atom. The van der Waals surface area contributed by atoms with E-state index < -0.39 is 0 Å². The van der Waals surface area contributed by atoms with Crippen LogP contribution in [0.1, 0.15) is 25.6 Å². The first kappa shape index (κ1) is 10.8. The lowest BCUT2D eigenvalue weighted by atomic mass is 10.3. The van der Waals surface area contributed by atoms with Crippen LogP contribution in [0, 0.1) is 0 Å². The van der Waals surface area contributed by atoms with Gasteiger partial charge in [-0.25, -0.2) is 9.97 Å². The fourth-order valence-electron chi connectivity index (χ4n) is 1.43. The van der Waals surface area contributed by atoms with Crippen molar-refractivity contribution in [3.05, 3.63) is 16.5 Å². The third kappa shape index (κ3) is 2.46. The first-order chi connectivity index (χ1) is 7.17. The van der Waals surface area contributed by atoms with Crippen LogP contribution < -0.4 is 5.32 Å². The minimum atomic E-state index is -0.126. The molecule has 1 saturated carbocycles.